The molecule has 1 fully saturated rings. The van der Waals surface area contributed by atoms with E-state index >= 15 is 0 Å². The Morgan fingerprint density at radius 2 is 2.00 bits per heavy atom. The summed E-state index contributed by atoms with van der Waals surface area (Å²) in [6.45, 7) is 0.263. The van der Waals surface area contributed by atoms with Gasteiger partial charge in [-0.1, -0.05) is 30.3 Å². The zero-order valence-electron chi connectivity index (χ0n) is 10.7. The first-order valence-electron chi connectivity index (χ1n) is 6.37. The van der Waals surface area contributed by atoms with Crippen molar-refractivity contribution in [2.24, 2.45) is 11.8 Å². The largest absolute Gasteiger partial charge is 0.445 e. The van der Waals surface area contributed by atoms with Gasteiger partial charge in [-0.2, -0.15) is 0 Å². The molecule has 1 N–H and O–H groups in total. The average molecular weight is 267 g/mol. The summed E-state index contributed by atoms with van der Waals surface area (Å²) in [5.41, 5.74) is 0.913. The van der Waals surface area contributed by atoms with Crippen LogP contribution in [0.25, 0.3) is 0 Å². The summed E-state index contributed by atoms with van der Waals surface area (Å²) in [5, 5.41) is 9.13. The van der Waals surface area contributed by atoms with Gasteiger partial charge in [0.05, 0.1) is 6.67 Å². The van der Waals surface area contributed by atoms with Crippen molar-refractivity contribution < 1.29 is 19.0 Å². The minimum atomic E-state index is -0.520. The van der Waals surface area contributed by atoms with E-state index in [9.17, 15) is 9.18 Å². The summed E-state index contributed by atoms with van der Waals surface area (Å²) in [6.07, 6.45) is -0.446. The highest BCUT2D eigenvalue weighted by atomic mass is 19.1. The Bertz CT molecular complexity index is 400. The Hall–Kier alpha value is -1.62. The van der Waals surface area contributed by atoms with Gasteiger partial charge in [-0.15, -0.1) is 0 Å². The van der Waals surface area contributed by atoms with Gasteiger partial charge in [0.15, 0.2) is 0 Å². The van der Waals surface area contributed by atoms with Crippen LogP contribution >= 0.6 is 0 Å². The topological polar surface area (TPSA) is 49.8 Å². The molecule has 0 saturated carbocycles. The second-order valence-corrected chi connectivity index (χ2v) is 4.80. The van der Waals surface area contributed by atoms with Gasteiger partial charge in [-0.3, -0.25) is 4.39 Å². The van der Waals surface area contributed by atoms with Gasteiger partial charge in [-0.05, 0) is 5.56 Å². The van der Waals surface area contributed by atoms with Crippen molar-refractivity contribution in [2.75, 3.05) is 26.4 Å². The number of aliphatic hydroxyl groups is 1. The van der Waals surface area contributed by atoms with E-state index in [0.29, 0.717) is 13.1 Å². The van der Waals surface area contributed by atoms with Crippen LogP contribution in [0, 0.1) is 11.8 Å². The second-order valence-electron chi connectivity index (χ2n) is 4.80. The average Bonchev–Trinajstić information content (AvgIpc) is 2.89. The molecule has 0 spiro atoms. The molecule has 19 heavy (non-hydrogen) atoms. The van der Waals surface area contributed by atoms with E-state index in [-0.39, 0.29) is 25.0 Å². The molecule has 1 aliphatic rings. The lowest BCUT2D eigenvalue weighted by Crippen LogP contribution is -2.30. The molecule has 2 rings (SSSR count). The normalized spacial score (nSPS) is 22.5. The van der Waals surface area contributed by atoms with Crippen LogP contribution in [0.3, 0.4) is 0 Å². The van der Waals surface area contributed by atoms with Gasteiger partial charge in [0, 0.05) is 31.5 Å². The van der Waals surface area contributed by atoms with Crippen molar-refractivity contribution in [1.82, 2.24) is 4.90 Å². The Labute approximate surface area is 111 Å². The third kappa shape index (κ3) is 3.44. The minimum Gasteiger partial charge on any atom is -0.445 e. The molecule has 1 amide bonds. The number of carbonyl (C=O) groups excluding carboxylic acids is 1. The number of hydrogen-bond donors (Lipinski definition) is 1. The molecule has 0 aromatic heterocycles. The number of nitrogens with zero attached hydrogens (tertiary/aromatic N) is 1. The molecule has 1 heterocycles. The van der Waals surface area contributed by atoms with Crippen LogP contribution in [0.2, 0.25) is 0 Å². The monoisotopic (exact) mass is 267 g/mol. The summed E-state index contributed by atoms with van der Waals surface area (Å²) in [4.78, 5) is 13.3. The number of amides is 1. The first kappa shape index (κ1) is 13.8. The molecular formula is C14H18FNO3. The number of rotatable bonds is 4. The molecule has 5 heteroatoms. The number of halogens is 1. The fraction of sp³-hybridized carbons (Fsp3) is 0.500. The van der Waals surface area contributed by atoms with Crippen LogP contribution in [0.1, 0.15) is 5.56 Å². The predicted octanol–water partition coefficient (Wildman–Crippen LogP) is 1.83. The lowest BCUT2D eigenvalue weighted by molar-refractivity contribution is 0.101. The summed E-state index contributed by atoms with van der Waals surface area (Å²) >= 11 is 0. The van der Waals surface area contributed by atoms with E-state index < -0.39 is 12.8 Å². The van der Waals surface area contributed by atoms with E-state index in [1.54, 1.807) is 0 Å². The van der Waals surface area contributed by atoms with Gasteiger partial charge < -0.3 is 14.7 Å². The van der Waals surface area contributed by atoms with Crippen molar-refractivity contribution in [3.05, 3.63) is 35.9 Å². The van der Waals surface area contributed by atoms with Gasteiger partial charge in [0.2, 0.25) is 0 Å². The van der Waals surface area contributed by atoms with Crippen LogP contribution < -0.4 is 0 Å². The summed E-state index contributed by atoms with van der Waals surface area (Å²) in [7, 11) is 0. The van der Waals surface area contributed by atoms with Crippen LogP contribution in [-0.4, -0.2) is 42.5 Å². The first-order valence-corrected chi connectivity index (χ1v) is 6.37. The number of ether oxygens (including phenoxy) is 1. The van der Waals surface area contributed by atoms with Gasteiger partial charge in [0.25, 0.3) is 0 Å². The quantitative estimate of drug-likeness (QED) is 0.905. The number of aliphatic hydroxyl groups excluding tert-OH is 1. The first-order chi connectivity index (χ1) is 9.24. The van der Waals surface area contributed by atoms with E-state index in [1.807, 2.05) is 30.3 Å². The number of likely N-dealkylation sites (tertiary alicyclic amines) is 1. The zero-order valence-corrected chi connectivity index (χ0v) is 10.7. The summed E-state index contributed by atoms with van der Waals surface area (Å²) in [5.74, 6) is -0.469. The van der Waals surface area contributed by atoms with Crippen LogP contribution in [0.15, 0.2) is 30.3 Å². The van der Waals surface area contributed by atoms with Crippen LogP contribution in [-0.2, 0) is 11.3 Å². The third-order valence-electron chi connectivity index (χ3n) is 3.47. The highest BCUT2D eigenvalue weighted by molar-refractivity contribution is 5.68. The van der Waals surface area contributed by atoms with Gasteiger partial charge in [-0.25, -0.2) is 4.79 Å². The highest BCUT2D eigenvalue weighted by Crippen LogP contribution is 2.24. The Morgan fingerprint density at radius 1 is 1.32 bits per heavy atom. The summed E-state index contributed by atoms with van der Waals surface area (Å²) < 4.78 is 17.9. The standard InChI is InChI=1S/C14H18FNO3/c15-6-12-7-16(8-13(12)9-17)14(18)19-10-11-4-2-1-3-5-11/h1-5,12-13,17H,6-10H2. The lowest BCUT2D eigenvalue weighted by atomic mass is 9.99. The molecule has 1 saturated heterocycles. The van der Waals surface area contributed by atoms with E-state index in [0.717, 1.165) is 5.56 Å². The third-order valence-corrected chi connectivity index (χ3v) is 3.47. The molecule has 104 valence electrons. The Morgan fingerprint density at radius 3 is 2.58 bits per heavy atom. The van der Waals surface area contributed by atoms with Gasteiger partial charge in [0.1, 0.15) is 6.61 Å². The molecule has 2 unspecified atom stereocenters. The maximum Gasteiger partial charge on any atom is 0.410 e. The lowest BCUT2D eigenvalue weighted by Gasteiger charge is -2.16. The molecule has 0 aliphatic carbocycles. The maximum atomic E-state index is 12.7. The smallest absolute Gasteiger partial charge is 0.410 e. The van der Waals surface area contributed by atoms with Crippen molar-refractivity contribution in [1.29, 1.82) is 0 Å². The number of hydrogen-bond acceptors (Lipinski definition) is 3. The van der Waals surface area contributed by atoms with Crippen molar-refractivity contribution in [2.45, 2.75) is 6.61 Å². The van der Waals surface area contributed by atoms with Gasteiger partial charge >= 0.3 is 6.09 Å². The second kappa shape index (κ2) is 6.52. The summed E-state index contributed by atoms with van der Waals surface area (Å²) in [6, 6.07) is 9.39. The molecular weight excluding hydrogens is 249 g/mol. The Balaban J connectivity index is 1.84. The highest BCUT2D eigenvalue weighted by Gasteiger charge is 2.35. The zero-order chi connectivity index (χ0) is 13.7. The predicted molar refractivity (Wildman–Crippen MR) is 68.2 cm³/mol. The van der Waals surface area contributed by atoms with Crippen LogP contribution in [0.5, 0.6) is 0 Å². The molecule has 4 nitrogen and oxygen atoms in total. The molecule has 0 radical (unpaired) electrons. The maximum absolute atomic E-state index is 12.7. The number of alkyl halides is 1. The molecule has 1 aromatic rings. The fourth-order valence-electron chi connectivity index (χ4n) is 2.28. The molecule has 1 aromatic carbocycles. The molecule has 2 atom stereocenters. The van der Waals surface area contributed by atoms with Crippen molar-refractivity contribution >= 4 is 6.09 Å². The van der Waals surface area contributed by atoms with Crippen molar-refractivity contribution in [3.8, 4) is 0 Å². The van der Waals surface area contributed by atoms with Crippen molar-refractivity contribution in [3.63, 3.8) is 0 Å². The number of benzene rings is 1. The van der Waals surface area contributed by atoms with E-state index in [1.165, 1.54) is 4.90 Å². The minimum absolute atomic E-state index is 0.100. The number of carbonyl (C=O) groups is 1. The fourth-order valence-corrected chi connectivity index (χ4v) is 2.28. The SMILES string of the molecule is O=C(OCc1ccccc1)N1CC(CO)C(CF)C1. The molecule has 0 bridgehead atoms. The van der Waals surface area contributed by atoms with E-state index in [2.05, 4.69) is 0 Å². The molecule has 1 aliphatic heterocycles. The van der Waals surface area contributed by atoms with E-state index in [4.69, 9.17) is 9.84 Å². The van der Waals surface area contributed by atoms with Crippen LogP contribution in [0.4, 0.5) is 9.18 Å². The Kier molecular flexibility index (Phi) is 4.74.